The number of H-pyrrole nitrogens is 1. The molecular formula is C17H14ClFN6O. The largest absolute Gasteiger partial charge is 0.371 e. The van der Waals surface area contributed by atoms with E-state index in [1.165, 1.54) is 24.5 Å². The van der Waals surface area contributed by atoms with Crippen LogP contribution in [0.25, 0.3) is 28.2 Å². The average Bonchev–Trinajstić information content (AvgIpc) is 3.02. The topological polar surface area (TPSA) is 88.5 Å². The van der Waals surface area contributed by atoms with Crippen molar-refractivity contribution in [1.29, 1.82) is 0 Å². The fourth-order valence-corrected chi connectivity index (χ4v) is 2.68. The predicted octanol–water partition coefficient (Wildman–Crippen LogP) is 2.77. The maximum absolute atomic E-state index is 13.7. The number of rotatable bonds is 3. The summed E-state index contributed by atoms with van der Waals surface area (Å²) >= 11 is 0. The number of aromatic amines is 1. The van der Waals surface area contributed by atoms with Crippen molar-refractivity contribution in [3.05, 3.63) is 65.1 Å². The summed E-state index contributed by atoms with van der Waals surface area (Å²) in [6.45, 7) is 0. The number of hydrogen-bond acceptors (Lipinski definition) is 5. The van der Waals surface area contributed by atoms with Gasteiger partial charge in [-0.1, -0.05) is 12.1 Å². The van der Waals surface area contributed by atoms with Crippen LogP contribution in [0.2, 0.25) is 0 Å². The van der Waals surface area contributed by atoms with E-state index in [4.69, 9.17) is 0 Å². The van der Waals surface area contributed by atoms with Crippen LogP contribution >= 0.6 is 12.4 Å². The molecule has 0 atom stereocenters. The van der Waals surface area contributed by atoms with Gasteiger partial charge in [-0.05, 0) is 18.2 Å². The van der Waals surface area contributed by atoms with Crippen molar-refractivity contribution in [2.45, 2.75) is 0 Å². The highest BCUT2D eigenvalue weighted by molar-refractivity contribution is 5.88. The van der Waals surface area contributed by atoms with Gasteiger partial charge in [0.2, 0.25) is 5.56 Å². The first-order valence-corrected chi connectivity index (χ1v) is 7.53. The van der Waals surface area contributed by atoms with Crippen LogP contribution in [0.1, 0.15) is 0 Å². The van der Waals surface area contributed by atoms with E-state index in [-0.39, 0.29) is 23.8 Å². The lowest BCUT2D eigenvalue weighted by atomic mass is 10.2. The van der Waals surface area contributed by atoms with E-state index in [1.54, 1.807) is 36.0 Å². The monoisotopic (exact) mass is 372 g/mol. The highest BCUT2D eigenvalue weighted by Gasteiger charge is 2.18. The molecule has 0 aliphatic heterocycles. The zero-order valence-corrected chi connectivity index (χ0v) is 14.4. The molecule has 0 bridgehead atoms. The first-order valence-electron chi connectivity index (χ1n) is 7.53. The number of pyridine rings is 1. The van der Waals surface area contributed by atoms with Gasteiger partial charge in [0.05, 0.1) is 5.69 Å². The number of halogens is 2. The summed E-state index contributed by atoms with van der Waals surface area (Å²) in [6, 6.07) is 9.22. The number of aromatic nitrogens is 5. The first kappa shape index (κ1) is 17.6. The van der Waals surface area contributed by atoms with Gasteiger partial charge in [0.15, 0.2) is 17.0 Å². The van der Waals surface area contributed by atoms with Crippen LogP contribution in [0.15, 0.2) is 53.7 Å². The Labute approximate surface area is 153 Å². The molecule has 26 heavy (non-hydrogen) atoms. The zero-order valence-electron chi connectivity index (χ0n) is 13.6. The van der Waals surface area contributed by atoms with Crippen LogP contribution in [-0.2, 0) is 0 Å². The minimum Gasteiger partial charge on any atom is -0.371 e. The molecule has 132 valence electrons. The van der Waals surface area contributed by atoms with Crippen molar-refractivity contribution >= 4 is 29.4 Å². The molecule has 3 heterocycles. The molecule has 7 nitrogen and oxygen atoms in total. The van der Waals surface area contributed by atoms with Crippen molar-refractivity contribution < 1.29 is 4.39 Å². The van der Waals surface area contributed by atoms with Crippen LogP contribution in [-0.4, -0.2) is 31.6 Å². The Balaban J connectivity index is 0.00000196. The van der Waals surface area contributed by atoms with Crippen LogP contribution < -0.4 is 10.9 Å². The van der Waals surface area contributed by atoms with E-state index < -0.39 is 0 Å². The summed E-state index contributed by atoms with van der Waals surface area (Å²) in [6.07, 6.45) is 2.99. The molecule has 4 aromatic rings. The Kier molecular flexibility index (Phi) is 4.68. The van der Waals surface area contributed by atoms with Gasteiger partial charge in [0.25, 0.3) is 0 Å². The van der Waals surface area contributed by atoms with Crippen molar-refractivity contribution in [2.24, 2.45) is 0 Å². The third kappa shape index (κ3) is 2.91. The molecule has 0 unspecified atom stereocenters. The van der Waals surface area contributed by atoms with Gasteiger partial charge < -0.3 is 10.3 Å². The van der Waals surface area contributed by atoms with E-state index in [9.17, 15) is 9.18 Å². The van der Waals surface area contributed by atoms with Gasteiger partial charge in [-0.25, -0.2) is 19.3 Å². The maximum Gasteiger partial charge on any atom is 0.248 e. The molecule has 0 amide bonds. The Morgan fingerprint density at radius 3 is 2.73 bits per heavy atom. The van der Waals surface area contributed by atoms with Crippen molar-refractivity contribution in [3.63, 3.8) is 0 Å². The van der Waals surface area contributed by atoms with Crippen LogP contribution in [0.3, 0.4) is 0 Å². The summed E-state index contributed by atoms with van der Waals surface area (Å²) in [5, 5.41) is 2.98. The van der Waals surface area contributed by atoms with E-state index in [0.29, 0.717) is 34.1 Å². The third-order valence-electron chi connectivity index (χ3n) is 3.79. The quantitative estimate of drug-likeness (QED) is 0.577. The molecule has 1 aromatic carbocycles. The first-order chi connectivity index (χ1) is 12.2. The standard InChI is InChI=1S/C17H13FN6O.ClH/c1-19-15-14-17(22-9-21-15)24(12-5-6-13(25)20-8-12)16(23-14)10-3-2-4-11(18)7-10;/h2-9H,1H3,(H,20,25)(H,19,21,22);1H. The number of nitrogens with zero attached hydrogens (tertiary/aromatic N) is 4. The predicted molar refractivity (Wildman–Crippen MR) is 99.5 cm³/mol. The van der Waals surface area contributed by atoms with E-state index in [2.05, 4.69) is 25.3 Å². The lowest BCUT2D eigenvalue weighted by Crippen LogP contribution is -2.06. The number of hydrogen-bond donors (Lipinski definition) is 2. The Hall–Kier alpha value is -3.26. The number of benzene rings is 1. The zero-order chi connectivity index (χ0) is 17.4. The van der Waals surface area contributed by atoms with Crippen LogP contribution in [0.5, 0.6) is 0 Å². The summed E-state index contributed by atoms with van der Waals surface area (Å²) in [7, 11) is 1.74. The average molecular weight is 373 g/mol. The Morgan fingerprint density at radius 2 is 2.04 bits per heavy atom. The minimum absolute atomic E-state index is 0. The van der Waals surface area contributed by atoms with E-state index in [1.807, 2.05) is 0 Å². The van der Waals surface area contributed by atoms with Crippen molar-refractivity contribution in [1.82, 2.24) is 24.5 Å². The molecular weight excluding hydrogens is 359 g/mol. The Bertz CT molecular complexity index is 1120. The van der Waals surface area contributed by atoms with Gasteiger partial charge >= 0.3 is 0 Å². The minimum atomic E-state index is -0.363. The van der Waals surface area contributed by atoms with Crippen molar-refractivity contribution in [2.75, 3.05) is 12.4 Å². The molecule has 3 aromatic heterocycles. The number of fused-ring (bicyclic) bond motifs is 1. The molecule has 4 rings (SSSR count). The van der Waals surface area contributed by atoms with Crippen LogP contribution in [0, 0.1) is 5.82 Å². The molecule has 0 saturated heterocycles. The molecule has 0 fully saturated rings. The van der Waals surface area contributed by atoms with E-state index >= 15 is 0 Å². The number of anilines is 1. The van der Waals surface area contributed by atoms with Crippen LogP contribution in [0.4, 0.5) is 10.2 Å². The highest BCUT2D eigenvalue weighted by atomic mass is 35.5. The normalized spacial score (nSPS) is 10.5. The summed E-state index contributed by atoms with van der Waals surface area (Å²) in [4.78, 5) is 27.1. The smallest absolute Gasteiger partial charge is 0.248 e. The van der Waals surface area contributed by atoms with Gasteiger partial charge in [-0.2, -0.15) is 0 Å². The molecule has 0 radical (unpaired) electrons. The second-order valence-electron chi connectivity index (χ2n) is 5.34. The lowest BCUT2D eigenvalue weighted by molar-refractivity contribution is 0.628. The fourth-order valence-electron chi connectivity index (χ4n) is 2.68. The van der Waals surface area contributed by atoms with Crippen molar-refractivity contribution in [3.8, 4) is 17.1 Å². The van der Waals surface area contributed by atoms with Gasteiger partial charge in [-0.3, -0.25) is 9.36 Å². The molecule has 0 spiro atoms. The van der Waals surface area contributed by atoms with Gasteiger partial charge in [-0.15, -0.1) is 12.4 Å². The third-order valence-corrected chi connectivity index (χ3v) is 3.79. The Morgan fingerprint density at radius 1 is 1.19 bits per heavy atom. The molecule has 9 heteroatoms. The fraction of sp³-hybridized carbons (Fsp3) is 0.0588. The SMILES string of the molecule is CNc1ncnc2c1nc(-c1cccc(F)c1)n2-c1ccc(=O)[nH]c1.Cl. The highest BCUT2D eigenvalue weighted by Crippen LogP contribution is 2.29. The summed E-state index contributed by atoms with van der Waals surface area (Å²) in [5.74, 6) is 0.696. The van der Waals surface area contributed by atoms with E-state index in [0.717, 1.165) is 0 Å². The second kappa shape index (κ2) is 6.93. The van der Waals surface area contributed by atoms with Gasteiger partial charge in [0.1, 0.15) is 18.0 Å². The molecule has 0 aliphatic rings. The molecule has 0 aliphatic carbocycles. The molecule has 0 saturated carbocycles. The number of imidazole rings is 1. The van der Waals surface area contributed by atoms with Gasteiger partial charge in [0, 0.05) is 24.9 Å². The second-order valence-corrected chi connectivity index (χ2v) is 5.34. The maximum atomic E-state index is 13.7. The molecule has 2 N–H and O–H groups in total. The lowest BCUT2D eigenvalue weighted by Gasteiger charge is -2.08. The number of nitrogens with one attached hydrogen (secondary N) is 2. The summed E-state index contributed by atoms with van der Waals surface area (Å²) < 4.78 is 15.5. The summed E-state index contributed by atoms with van der Waals surface area (Å²) in [5.41, 5.74) is 2.13.